The van der Waals surface area contributed by atoms with Crippen LogP contribution in [0.5, 0.6) is 11.5 Å². The molecule has 8 heteroatoms. The Kier molecular flexibility index (Phi) is 7.52. The van der Waals surface area contributed by atoms with Crippen LogP contribution < -0.4 is 14.8 Å². The average molecular weight is 457 g/mol. The van der Waals surface area contributed by atoms with Crippen molar-refractivity contribution in [2.75, 3.05) is 19.5 Å². The Balaban J connectivity index is 1.51. The quantitative estimate of drug-likeness (QED) is 0.408. The second kappa shape index (κ2) is 10.7. The van der Waals surface area contributed by atoms with Crippen LogP contribution in [0.2, 0.25) is 0 Å². The first-order valence-corrected chi connectivity index (χ1v) is 11.9. The van der Waals surface area contributed by atoms with E-state index in [9.17, 15) is 4.39 Å². The number of anilines is 1. The summed E-state index contributed by atoms with van der Waals surface area (Å²) in [5.74, 6) is 2.27. The summed E-state index contributed by atoms with van der Waals surface area (Å²) in [6.07, 6.45) is 5.99. The molecule has 0 radical (unpaired) electrons. The van der Waals surface area contributed by atoms with Gasteiger partial charge >= 0.3 is 0 Å². The number of thioether (sulfide) groups is 1. The van der Waals surface area contributed by atoms with E-state index >= 15 is 0 Å². The Bertz CT molecular complexity index is 1040. The third kappa shape index (κ3) is 5.35. The molecule has 0 spiro atoms. The fraction of sp³-hybridized carbons (Fsp3) is 0.417. The maximum atomic E-state index is 14.1. The number of rotatable bonds is 9. The van der Waals surface area contributed by atoms with Crippen molar-refractivity contribution in [3.63, 3.8) is 0 Å². The van der Waals surface area contributed by atoms with E-state index in [1.807, 2.05) is 30.3 Å². The van der Waals surface area contributed by atoms with Crippen molar-refractivity contribution in [2.24, 2.45) is 0 Å². The van der Waals surface area contributed by atoms with Crippen LogP contribution in [0.4, 0.5) is 10.1 Å². The largest absolute Gasteiger partial charge is 0.497 e. The zero-order chi connectivity index (χ0) is 22.3. The van der Waals surface area contributed by atoms with E-state index in [2.05, 4.69) is 20.1 Å². The van der Waals surface area contributed by atoms with E-state index in [-0.39, 0.29) is 11.6 Å². The van der Waals surface area contributed by atoms with Gasteiger partial charge < -0.3 is 19.4 Å². The van der Waals surface area contributed by atoms with Gasteiger partial charge in [0.05, 0.1) is 20.8 Å². The molecule has 32 heavy (non-hydrogen) atoms. The number of hydrogen-bond acceptors (Lipinski definition) is 6. The zero-order valence-electron chi connectivity index (χ0n) is 18.5. The molecule has 0 aliphatic heterocycles. The van der Waals surface area contributed by atoms with Gasteiger partial charge in [0.1, 0.15) is 5.75 Å². The lowest BCUT2D eigenvalue weighted by Crippen LogP contribution is -2.18. The van der Waals surface area contributed by atoms with Gasteiger partial charge in [0.2, 0.25) is 0 Å². The monoisotopic (exact) mass is 456 g/mol. The number of aromatic nitrogens is 3. The van der Waals surface area contributed by atoms with Gasteiger partial charge in [0.15, 0.2) is 22.5 Å². The summed E-state index contributed by atoms with van der Waals surface area (Å²) in [6.45, 7) is 0.578. The molecule has 1 fully saturated rings. The van der Waals surface area contributed by atoms with Crippen molar-refractivity contribution < 1.29 is 13.9 Å². The number of halogens is 1. The standard InChI is InChI=1S/C24H29FN4O2S/c1-30-20-10-6-7-18(14-20)26-15-23-27-28-24(29(23)19-8-4-3-5-9-19)32-16-17-11-12-22(31-2)21(25)13-17/h6-7,10-14,19,26H,3-5,8-9,15-16H2,1-2H3. The predicted molar refractivity (Wildman–Crippen MR) is 125 cm³/mol. The summed E-state index contributed by atoms with van der Waals surface area (Å²) in [7, 11) is 3.14. The Hall–Kier alpha value is -2.74. The van der Waals surface area contributed by atoms with Crippen LogP contribution in [0.15, 0.2) is 47.6 Å². The van der Waals surface area contributed by atoms with Gasteiger partial charge in [-0.05, 0) is 42.7 Å². The van der Waals surface area contributed by atoms with Gasteiger partial charge in [-0.2, -0.15) is 0 Å². The minimum Gasteiger partial charge on any atom is -0.497 e. The Morgan fingerprint density at radius 1 is 1.06 bits per heavy atom. The molecule has 0 bridgehead atoms. The van der Waals surface area contributed by atoms with Crippen molar-refractivity contribution in [1.29, 1.82) is 0 Å². The molecule has 2 aromatic carbocycles. The lowest BCUT2D eigenvalue weighted by Gasteiger charge is -2.25. The highest BCUT2D eigenvalue weighted by Crippen LogP contribution is 2.34. The number of hydrogen-bond donors (Lipinski definition) is 1. The second-order valence-corrected chi connectivity index (χ2v) is 8.85. The van der Waals surface area contributed by atoms with Gasteiger partial charge in [0, 0.05) is 23.5 Å². The van der Waals surface area contributed by atoms with Crippen molar-refractivity contribution in [1.82, 2.24) is 14.8 Å². The van der Waals surface area contributed by atoms with Crippen LogP contribution in [-0.4, -0.2) is 29.0 Å². The van der Waals surface area contributed by atoms with E-state index in [0.29, 0.717) is 18.3 Å². The Morgan fingerprint density at radius 3 is 2.66 bits per heavy atom. The Labute approximate surface area is 192 Å². The third-order valence-corrected chi connectivity index (χ3v) is 6.79. The lowest BCUT2D eigenvalue weighted by atomic mass is 9.95. The summed E-state index contributed by atoms with van der Waals surface area (Å²) in [5.41, 5.74) is 1.87. The van der Waals surface area contributed by atoms with Crippen molar-refractivity contribution in [3.8, 4) is 11.5 Å². The van der Waals surface area contributed by atoms with Crippen LogP contribution in [0, 0.1) is 5.82 Å². The fourth-order valence-electron chi connectivity index (χ4n) is 4.09. The molecule has 1 N–H and O–H groups in total. The molecule has 0 unspecified atom stereocenters. The van der Waals surface area contributed by atoms with Crippen molar-refractivity contribution >= 4 is 17.4 Å². The molecule has 1 heterocycles. The van der Waals surface area contributed by atoms with Gasteiger partial charge in [-0.3, -0.25) is 0 Å². The molecule has 3 aromatic rings. The third-order valence-electron chi connectivity index (χ3n) is 5.78. The number of nitrogens with zero attached hydrogens (tertiary/aromatic N) is 3. The summed E-state index contributed by atoms with van der Waals surface area (Å²) in [4.78, 5) is 0. The number of methoxy groups -OCH3 is 2. The minimum atomic E-state index is -0.345. The first kappa shape index (κ1) is 22.5. The maximum absolute atomic E-state index is 14.1. The first-order chi connectivity index (χ1) is 15.7. The molecule has 0 atom stereocenters. The van der Waals surface area contributed by atoms with Crippen LogP contribution in [0.1, 0.15) is 49.5 Å². The van der Waals surface area contributed by atoms with Crippen LogP contribution >= 0.6 is 11.8 Å². The first-order valence-electron chi connectivity index (χ1n) is 10.9. The van der Waals surface area contributed by atoms with Crippen LogP contribution in [0.25, 0.3) is 0 Å². The molecule has 1 saturated carbocycles. The SMILES string of the molecule is COc1cccc(NCc2nnc(SCc3ccc(OC)c(F)c3)n2C2CCCCC2)c1. The number of nitrogens with one attached hydrogen (secondary N) is 1. The summed E-state index contributed by atoms with van der Waals surface area (Å²) >= 11 is 1.60. The molecule has 1 aliphatic rings. The Morgan fingerprint density at radius 2 is 1.91 bits per heavy atom. The average Bonchev–Trinajstić information content (AvgIpc) is 3.25. The van der Waals surface area contributed by atoms with Crippen LogP contribution in [0.3, 0.4) is 0 Å². The van der Waals surface area contributed by atoms with E-state index < -0.39 is 0 Å². The summed E-state index contributed by atoms with van der Waals surface area (Å²) in [6, 6.07) is 13.3. The fourth-order valence-corrected chi connectivity index (χ4v) is 5.06. The second-order valence-electron chi connectivity index (χ2n) is 7.90. The molecule has 170 valence electrons. The van der Waals surface area contributed by atoms with Gasteiger partial charge in [0.25, 0.3) is 0 Å². The zero-order valence-corrected chi connectivity index (χ0v) is 19.3. The molecular formula is C24H29FN4O2S. The van der Waals surface area contributed by atoms with E-state index in [1.54, 1.807) is 24.9 Å². The molecule has 0 saturated heterocycles. The van der Waals surface area contributed by atoms with Crippen LogP contribution in [-0.2, 0) is 12.3 Å². The van der Waals surface area contributed by atoms with E-state index in [1.165, 1.54) is 32.4 Å². The molecule has 1 aliphatic carbocycles. The van der Waals surface area contributed by atoms with E-state index in [0.717, 1.165) is 40.8 Å². The number of benzene rings is 2. The van der Waals surface area contributed by atoms with Crippen molar-refractivity contribution in [2.45, 2.75) is 55.6 Å². The maximum Gasteiger partial charge on any atom is 0.191 e. The molecule has 6 nitrogen and oxygen atoms in total. The molecule has 1 aromatic heterocycles. The minimum absolute atomic E-state index is 0.259. The van der Waals surface area contributed by atoms with Gasteiger partial charge in [-0.15, -0.1) is 10.2 Å². The van der Waals surface area contributed by atoms with Gasteiger partial charge in [-0.25, -0.2) is 4.39 Å². The topological polar surface area (TPSA) is 61.2 Å². The lowest BCUT2D eigenvalue weighted by molar-refractivity contribution is 0.330. The normalized spacial score (nSPS) is 14.3. The molecule has 0 amide bonds. The summed E-state index contributed by atoms with van der Waals surface area (Å²) < 4.78 is 26.7. The number of ether oxygens (including phenoxy) is 2. The summed E-state index contributed by atoms with van der Waals surface area (Å²) in [5, 5.41) is 13.3. The van der Waals surface area contributed by atoms with E-state index in [4.69, 9.17) is 9.47 Å². The van der Waals surface area contributed by atoms with Crippen molar-refractivity contribution in [3.05, 3.63) is 59.7 Å². The highest BCUT2D eigenvalue weighted by atomic mass is 32.2. The smallest absolute Gasteiger partial charge is 0.191 e. The predicted octanol–water partition coefficient (Wildman–Crippen LogP) is 5.84. The highest BCUT2D eigenvalue weighted by molar-refractivity contribution is 7.98. The molecular weight excluding hydrogens is 427 g/mol. The molecule has 4 rings (SSSR count). The highest BCUT2D eigenvalue weighted by Gasteiger charge is 2.23. The van der Waals surface area contributed by atoms with Gasteiger partial charge in [-0.1, -0.05) is 43.2 Å².